The summed E-state index contributed by atoms with van der Waals surface area (Å²) in [6, 6.07) is 3.75. The molecular weight excluding hydrogens is 280 g/mol. The Hall–Kier alpha value is -2.41. The minimum Gasteiger partial charge on any atom is -0.508 e. The second kappa shape index (κ2) is 5.30. The van der Waals surface area contributed by atoms with Crippen LogP contribution in [0.4, 0.5) is 5.69 Å². The Bertz CT molecular complexity index is 694. The molecule has 0 bridgehead atoms. The number of rotatable bonds is 3. The van der Waals surface area contributed by atoms with Crippen LogP contribution >= 0.6 is 11.3 Å². The van der Waals surface area contributed by atoms with Crippen LogP contribution in [0.1, 0.15) is 30.7 Å². The minimum absolute atomic E-state index is 0.130. The number of carboxylic acids is 1. The number of nitrogens with one attached hydrogen (secondary N) is 1. The maximum absolute atomic E-state index is 12.1. The molecule has 0 atom stereocenters. The van der Waals surface area contributed by atoms with Crippen LogP contribution in [0.3, 0.4) is 0 Å². The summed E-state index contributed by atoms with van der Waals surface area (Å²) in [5, 5.41) is 21.7. The topological polar surface area (TPSA) is 99.5 Å². The second-order valence-corrected chi connectivity index (χ2v) is 5.34. The number of aryl methyl sites for hydroxylation is 2. The first-order chi connectivity index (χ1) is 9.38. The van der Waals surface area contributed by atoms with Gasteiger partial charge in [-0.2, -0.15) is 0 Å². The number of nitrogens with zero attached hydrogens (tertiary/aromatic N) is 1. The molecule has 0 spiro atoms. The fourth-order valence-electron chi connectivity index (χ4n) is 1.74. The van der Waals surface area contributed by atoms with Crippen molar-refractivity contribution in [1.82, 2.24) is 4.98 Å². The fraction of sp³-hybridized carbons (Fsp3) is 0.154. The zero-order chi connectivity index (χ0) is 14.9. The van der Waals surface area contributed by atoms with Crippen molar-refractivity contribution in [3.8, 4) is 5.75 Å². The number of carboxylic acid groups (broad SMARTS) is 1. The van der Waals surface area contributed by atoms with Gasteiger partial charge >= 0.3 is 5.97 Å². The summed E-state index contributed by atoms with van der Waals surface area (Å²) < 4.78 is 0. The molecule has 0 aliphatic heterocycles. The van der Waals surface area contributed by atoms with Gasteiger partial charge in [0.05, 0.1) is 22.0 Å². The number of carbonyl (C=O) groups is 2. The van der Waals surface area contributed by atoms with E-state index in [1.807, 2.05) is 0 Å². The molecule has 3 N–H and O–H groups in total. The van der Waals surface area contributed by atoms with Crippen molar-refractivity contribution in [3.05, 3.63) is 39.3 Å². The fourth-order valence-corrected chi connectivity index (χ4v) is 2.55. The number of aromatic hydroxyl groups is 1. The highest BCUT2D eigenvalue weighted by atomic mass is 32.1. The molecule has 1 aromatic heterocycles. The van der Waals surface area contributed by atoms with E-state index in [-0.39, 0.29) is 17.0 Å². The van der Waals surface area contributed by atoms with E-state index < -0.39 is 11.9 Å². The third-order valence-electron chi connectivity index (χ3n) is 2.59. The van der Waals surface area contributed by atoms with Crippen LogP contribution in [-0.4, -0.2) is 27.1 Å². The van der Waals surface area contributed by atoms with Gasteiger partial charge in [-0.1, -0.05) is 0 Å². The number of carbonyl (C=O) groups excluding carboxylic acids is 1. The predicted octanol–water partition coefficient (Wildman–Crippen LogP) is 2.42. The van der Waals surface area contributed by atoms with Gasteiger partial charge in [-0.05, 0) is 32.0 Å². The van der Waals surface area contributed by atoms with E-state index in [0.717, 1.165) is 11.1 Å². The molecule has 6 nitrogen and oxygen atoms in total. The van der Waals surface area contributed by atoms with Gasteiger partial charge in [0, 0.05) is 0 Å². The Morgan fingerprint density at radius 2 is 2.00 bits per heavy atom. The molecule has 0 aliphatic rings. The van der Waals surface area contributed by atoms with E-state index in [9.17, 15) is 14.7 Å². The summed E-state index contributed by atoms with van der Waals surface area (Å²) in [5.41, 5.74) is 0.559. The van der Waals surface area contributed by atoms with E-state index in [4.69, 9.17) is 5.11 Å². The van der Waals surface area contributed by atoms with Crippen molar-refractivity contribution in [2.75, 3.05) is 5.32 Å². The van der Waals surface area contributed by atoms with Gasteiger partial charge < -0.3 is 15.5 Å². The summed E-state index contributed by atoms with van der Waals surface area (Å²) in [7, 11) is 0. The molecule has 104 valence electrons. The van der Waals surface area contributed by atoms with Crippen LogP contribution in [-0.2, 0) is 0 Å². The number of aromatic nitrogens is 1. The highest BCUT2D eigenvalue weighted by molar-refractivity contribution is 7.13. The molecule has 0 aliphatic carbocycles. The smallest absolute Gasteiger partial charge is 0.337 e. The van der Waals surface area contributed by atoms with Gasteiger partial charge in [0.1, 0.15) is 10.6 Å². The number of phenolic OH excluding ortho intramolecular Hbond substituents is 1. The van der Waals surface area contributed by atoms with Gasteiger partial charge in [0.25, 0.3) is 5.91 Å². The van der Waals surface area contributed by atoms with Crippen LogP contribution in [0.2, 0.25) is 0 Å². The Labute approximate surface area is 118 Å². The van der Waals surface area contributed by atoms with Crippen molar-refractivity contribution in [3.63, 3.8) is 0 Å². The summed E-state index contributed by atoms with van der Waals surface area (Å²) in [5.74, 6) is -1.82. The normalized spacial score (nSPS) is 10.3. The third kappa shape index (κ3) is 2.77. The molecule has 0 radical (unpaired) electrons. The number of anilines is 1. The molecule has 0 saturated heterocycles. The third-order valence-corrected chi connectivity index (χ3v) is 3.66. The van der Waals surface area contributed by atoms with E-state index >= 15 is 0 Å². The molecule has 1 aromatic carbocycles. The average molecular weight is 292 g/mol. The molecule has 2 rings (SSSR count). The molecule has 2 aromatic rings. The van der Waals surface area contributed by atoms with E-state index in [2.05, 4.69) is 10.3 Å². The highest BCUT2D eigenvalue weighted by Crippen LogP contribution is 2.24. The van der Waals surface area contributed by atoms with Crippen LogP contribution in [0.25, 0.3) is 0 Å². The lowest BCUT2D eigenvalue weighted by atomic mass is 10.1. The Kier molecular flexibility index (Phi) is 3.71. The molecule has 20 heavy (non-hydrogen) atoms. The number of benzene rings is 1. The summed E-state index contributed by atoms with van der Waals surface area (Å²) >= 11 is 1.24. The first kappa shape index (κ1) is 14.0. The average Bonchev–Trinajstić information content (AvgIpc) is 2.70. The zero-order valence-electron chi connectivity index (χ0n) is 10.8. The van der Waals surface area contributed by atoms with E-state index in [1.54, 1.807) is 13.8 Å². The molecule has 1 heterocycles. The monoisotopic (exact) mass is 292 g/mol. The number of aromatic carboxylic acids is 1. The van der Waals surface area contributed by atoms with E-state index in [1.165, 1.54) is 23.5 Å². The number of hydrogen-bond acceptors (Lipinski definition) is 5. The van der Waals surface area contributed by atoms with Crippen LogP contribution < -0.4 is 5.32 Å². The maximum Gasteiger partial charge on any atom is 0.337 e. The molecule has 0 fully saturated rings. The largest absolute Gasteiger partial charge is 0.508 e. The van der Waals surface area contributed by atoms with Crippen molar-refractivity contribution < 1.29 is 19.8 Å². The summed E-state index contributed by atoms with van der Waals surface area (Å²) in [6.45, 7) is 3.50. The molecule has 0 unspecified atom stereocenters. The number of hydrogen-bond donors (Lipinski definition) is 3. The summed E-state index contributed by atoms with van der Waals surface area (Å²) in [4.78, 5) is 27.8. The first-order valence-corrected chi connectivity index (χ1v) is 6.52. The molecule has 0 saturated carbocycles. The zero-order valence-corrected chi connectivity index (χ0v) is 11.6. The number of phenols is 1. The maximum atomic E-state index is 12.1. The van der Waals surface area contributed by atoms with Crippen molar-refractivity contribution in [2.24, 2.45) is 0 Å². The number of thiazole rings is 1. The van der Waals surface area contributed by atoms with Crippen LogP contribution in [0, 0.1) is 13.8 Å². The molecular formula is C13H12N2O4S. The van der Waals surface area contributed by atoms with Gasteiger partial charge in [-0.3, -0.25) is 4.79 Å². The Balaban J connectivity index is 2.33. The summed E-state index contributed by atoms with van der Waals surface area (Å²) in [6.07, 6.45) is 0. The van der Waals surface area contributed by atoms with Crippen LogP contribution in [0.5, 0.6) is 5.75 Å². The van der Waals surface area contributed by atoms with Crippen LogP contribution in [0.15, 0.2) is 18.2 Å². The number of amides is 1. The lowest BCUT2D eigenvalue weighted by molar-refractivity contribution is 0.0697. The van der Waals surface area contributed by atoms with Crippen molar-refractivity contribution >= 4 is 28.9 Å². The minimum atomic E-state index is -1.23. The first-order valence-electron chi connectivity index (χ1n) is 5.70. The van der Waals surface area contributed by atoms with Crippen molar-refractivity contribution in [1.29, 1.82) is 0 Å². The molecule has 1 amide bonds. The Morgan fingerprint density at radius 1 is 1.30 bits per heavy atom. The Morgan fingerprint density at radius 3 is 2.55 bits per heavy atom. The van der Waals surface area contributed by atoms with Crippen molar-refractivity contribution in [2.45, 2.75) is 13.8 Å². The lowest BCUT2D eigenvalue weighted by Crippen LogP contribution is -2.14. The SMILES string of the molecule is Cc1nc(C)c(C(=O)Nc2ccc(O)cc2C(=O)O)s1. The van der Waals surface area contributed by atoms with Gasteiger partial charge in [0.2, 0.25) is 0 Å². The standard InChI is InChI=1S/C13H12N2O4S/c1-6-11(20-7(2)14-6)12(17)15-10-4-3-8(16)5-9(10)13(18)19/h3-5,16H,1-2H3,(H,15,17)(H,18,19). The van der Waals surface area contributed by atoms with Gasteiger partial charge in [0.15, 0.2) is 0 Å². The second-order valence-electron chi connectivity index (χ2n) is 4.14. The molecule has 7 heteroatoms. The quantitative estimate of drug-likeness (QED) is 0.754. The van der Waals surface area contributed by atoms with E-state index in [0.29, 0.717) is 10.6 Å². The van der Waals surface area contributed by atoms with Gasteiger partial charge in [-0.25, -0.2) is 9.78 Å². The van der Waals surface area contributed by atoms with Gasteiger partial charge in [-0.15, -0.1) is 11.3 Å². The highest BCUT2D eigenvalue weighted by Gasteiger charge is 2.17. The lowest BCUT2D eigenvalue weighted by Gasteiger charge is -2.08. The predicted molar refractivity (Wildman–Crippen MR) is 74.6 cm³/mol.